The van der Waals surface area contributed by atoms with Crippen molar-refractivity contribution in [3.05, 3.63) is 200 Å². The number of benzene rings is 9. The van der Waals surface area contributed by atoms with Gasteiger partial charge in [-0.2, -0.15) is 0 Å². The summed E-state index contributed by atoms with van der Waals surface area (Å²) in [5, 5.41) is 7.03. The molecule has 0 amide bonds. The standard InChI is InChI=1S/C52H33NOS/c1-4-14-34(15-5-1)38-26-28-42-43-23-13-25-47(51(43)54-48(42)32-38)53(45-24-12-21-36-20-10-11-22-40(36)45)46-31-30-41(37-18-8-3-9-19-37)52-50(46)44-29-27-39(33-49(44)55-52)35-16-6-2-7-17-35/h1-33H. The number of anilines is 3. The van der Waals surface area contributed by atoms with Crippen LogP contribution in [0.4, 0.5) is 17.1 Å². The molecule has 0 aliphatic rings. The molecule has 0 unspecified atom stereocenters. The monoisotopic (exact) mass is 719 g/mol. The Morgan fingerprint density at radius 3 is 1.75 bits per heavy atom. The third-order valence-electron chi connectivity index (χ3n) is 10.9. The second kappa shape index (κ2) is 12.9. The van der Waals surface area contributed by atoms with Gasteiger partial charge in [-0.1, -0.05) is 164 Å². The van der Waals surface area contributed by atoms with E-state index in [9.17, 15) is 0 Å². The molecule has 0 atom stereocenters. The molecule has 55 heavy (non-hydrogen) atoms. The summed E-state index contributed by atoms with van der Waals surface area (Å²) in [6.07, 6.45) is 0. The molecule has 0 fully saturated rings. The van der Waals surface area contributed by atoms with E-state index in [4.69, 9.17) is 4.42 Å². The molecular weight excluding hydrogens is 687 g/mol. The van der Waals surface area contributed by atoms with Gasteiger partial charge in [0.2, 0.25) is 0 Å². The minimum atomic E-state index is 0.863. The summed E-state index contributed by atoms with van der Waals surface area (Å²) < 4.78 is 9.50. The van der Waals surface area contributed by atoms with Crippen molar-refractivity contribution >= 4 is 81.3 Å². The normalized spacial score (nSPS) is 11.6. The lowest BCUT2D eigenvalue weighted by atomic mass is 9.98. The van der Waals surface area contributed by atoms with Gasteiger partial charge in [-0.05, 0) is 75.2 Å². The van der Waals surface area contributed by atoms with Crippen molar-refractivity contribution in [2.24, 2.45) is 0 Å². The van der Waals surface area contributed by atoms with Crippen LogP contribution in [0.5, 0.6) is 0 Å². The molecule has 2 heterocycles. The van der Waals surface area contributed by atoms with Crippen molar-refractivity contribution < 1.29 is 4.42 Å². The predicted molar refractivity (Wildman–Crippen MR) is 235 cm³/mol. The van der Waals surface area contributed by atoms with Crippen molar-refractivity contribution in [3.8, 4) is 33.4 Å². The highest BCUT2D eigenvalue weighted by atomic mass is 32.1. The number of furan rings is 1. The minimum absolute atomic E-state index is 0.863. The largest absolute Gasteiger partial charge is 0.454 e. The molecule has 0 aliphatic heterocycles. The van der Waals surface area contributed by atoms with Crippen LogP contribution in [0, 0.1) is 0 Å². The van der Waals surface area contributed by atoms with Gasteiger partial charge in [0.1, 0.15) is 5.58 Å². The molecule has 0 saturated heterocycles. The maximum absolute atomic E-state index is 6.98. The Bertz CT molecular complexity index is 3190. The topological polar surface area (TPSA) is 16.4 Å². The summed E-state index contributed by atoms with van der Waals surface area (Å²) in [5.41, 5.74) is 12.1. The Hall–Kier alpha value is -6.94. The lowest BCUT2D eigenvalue weighted by Gasteiger charge is -2.28. The van der Waals surface area contributed by atoms with Crippen molar-refractivity contribution in [3.63, 3.8) is 0 Å². The second-order valence-electron chi connectivity index (χ2n) is 14.0. The summed E-state index contributed by atoms with van der Waals surface area (Å²) in [7, 11) is 0. The number of nitrogens with zero attached hydrogens (tertiary/aromatic N) is 1. The van der Waals surface area contributed by atoms with Gasteiger partial charge in [0.25, 0.3) is 0 Å². The van der Waals surface area contributed by atoms with Gasteiger partial charge in [0.15, 0.2) is 5.58 Å². The molecule has 2 aromatic heterocycles. The molecular formula is C52H33NOS. The zero-order chi connectivity index (χ0) is 36.3. The van der Waals surface area contributed by atoms with E-state index < -0.39 is 0 Å². The number of hydrogen-bond acceptors (Lipinski definition) is 3. The van der Waals surface area contributed by atoms with Gasteiger partial charge in [0, 0.05) is 36.3 Å². The van der Waals surface area contributed by atoms with Crippen molar-refractivity contribution in [1.29, 1.82) is 0 Å². The average molecular weight is 720 g/mol. The highest BCUT2D eigenvalue weighted by Gasteiger charge is 2.25. The number of rotatable bonds is 6. The second-order valence-corrected chi connectivity index (χ2v) is 15.1. The summed E-state index contributed by atoms with van der Waals surface area (Å²) in [5.74, 6) is 0. The third kappa shape index (κ3) is 5.24. The van der Waals surface area contributed by atoms with E-state index in [1.807, 2.05) is 11.3 Å². The van der Waals surface area contributed by atoms with Crippen LogP contribution in [0.2, 0.25) is 0 Å². The zero-order valence-corrected chi connectivity index (χ0v) is 30.6. The Balaban J connectivity index is 1.22. The zero-order valence-electron chi connectivity index (χ0n) is 29.8. The quantitative estimate of drug-likeness (QED) is 0.170. The number of para-hydroxylation sites is 1. The molecule has 11 rings (SSSR count). The Labute approximate surface area is 322 Å². The highest BCUT2D eigenvalue weighted by molar-refractivity contribution is 7.26. The van der Waals surface area contributed by atoms with Crippen LogP contribution in [0.25, 0.3) is 86.3 Å². The van der Waals surface area contributed by atoms with Gasteiger partial charge in [-0.25, -0.2) is 0 Å². The van der Waals surface area contributed by atoms with E-state index in [1.165, 1.54) is 58.8 Å². The first-order valence-corrected chi connectivity index (χ1v) is 19.5. The first kappa shape index (κ1) is 31.6. The van der Waals surface area contributed by atoms with Crippen molar-refractivity contribution in [2.45, 2.75) is 0 Å². The Kier molecular flexibility index (Phi) is 7.39. The van der Waals surface area contributed by atoms with Gasteiger partial charge >= 0.3 is 0 Å². The van der Waals surface area contributed by atoms with E-state index in [0.717, 1.165) is 44.6 Å². The fourth-order valence-electron chi connectivity index (χ4n) is 8.27. The van der Waals surface area contributed by atoms with Gasteiger partial charge < -0.3 is 9.32 Å². The van der Waals surface area contributed by atoms with Crippen LogP contribution in [0.3, 0.4) is 0 Å². The lowest BCUT2D eigenvalue weighted by Crippen LogP contribution is -2.11. The van der Waals surface area contributed by atoms with Crippen LogP contribution < -0.4 is 4.90 Å². The third-order valence-corrected chi connectivity index (χ3v) is 12.1. The first-order valence-electron chi connectivity index (χ1n) is 18.7. The summed E-state index contributed by atoms with van der Waals surface area (Å²) in [6, 6.07) is 72.0. The molecule has 0 bridgehead atoms. The molecule has 2 nitrogen and oxygen atoms in total. The fraction of sp³-hybridized carbons (Fsp3) is 0. The van der Waals surface area contributed by atoms with Gasteiger partial charge in [-0.3, -0.25) is 0 Å². The van der Waals surface area contributed by atoms with Crippen LogP contribution in [0.1, 0.15) is 0 Å². The molecule has 258 valence electrons. The molecule has 0 aliphatic carbocycles. The highest BCUT2D eigenvalue weighted by Crippen LogP contribution is 2.51. The van der Waals surface area contributed by atoms with Crippen molar-refractivity contribution in [1.82, 2.24) is 0 Å². The smallest absolute Gasteiger partial charge is 0.159 e. The summed E-state index contributed by atoms with van der Waals surface area (Å²) in [6.45, 7) is 0. The Morgan fingerprint density at radius 2 is 0.982 bits per heavy atom. The molecule has 0 N–H and O–H groups in total. The van der Waals surface area contributed by atoms with Crippen LogP contribution in [-0.4, -0.2) is 0 Å². The average Bonchev–Trinajstić information content (AvgIpc) is 3.84. The van der Waals surface area contributed by atoms with Gasteiger partial charge in [-0.15, -0.1) is 11.3 Å². The van der Waals surface area contributed by atoms with E-state index >= 15 is 0 Å². The van der Waals surface area contributed by atoms with Crippen LogP contribution >= 0.6 is 11.3 Å². The summed E-state index contributed by atoms with van der Waals surface area (Å²) in [4.78, 5) is 2.44. The fourth-order valence-corrected chi connectivity index (χ4v) is 9.56. The SMILES string of the molecule is c1ccc(-c2ccc3c(c2)oc2c(N(c4cccc5ccccc45)c4ccc(-c5ccccc5)c5sc6cc(-c7ccccc7)ccc6c45)cccc23)cc1. The molecule has 0 spiro atoms. The van der Waals surface area contributed by atoms with Gasteiger partial charge in [0.05, 0.1) is 17.1 Å². The van der Waals surface area contributed by atoms with E-state index in [0.29, 0.717) is 0 Å². The first-order chi connectivity index (χ1) is 27.3. The van der Waals surface area contributed by atoms with Crippen LogP contribution in [0.15, 0.2) is 205 Å². The predicted octanol–water partition coefficient (Wildman–Crippen LogP) is 15.6. The summed E-state index contributed by atoms with van der Waals surface area (Å²) >= 11 is 1.87. The number of hydrogen-bond donors (Lipinski definition) is 0. The van der Waals surface area contributed by atoms with Crippen LogP contribution in [-0.2, 0) is 0 Å². The molecule has 3 heteroatoms. The van der Waals surface area contributed by atoms with E-state index in [2.05, 4.69) is 205 Å². The molecule has 11 aromatic rings. The molecule has 0 saturated carbocycles. The van der Waals surface area contributed by atoms with Crippen molar-refractivity contribution in [2.75, 3.05) is 4.90 Å². The maximum atomic E-state index is 6.98. The number of fused-ring (bicyclic) bond motifs is 7. The number of thiophene rings is 1. The lowest BCUT2D eigenvalue weighted by molar-refractivity contribution is 0.669. The van der Waals surface area contributed by atoms with E-state index in [1.54, 1.807) is 0 Å². The molecule has 0 radical (unpaired) electrons. The minimum Gasteiger partial charge on any atom is -0.454 e. The Morgan fingerprint density at radius 1 is 0.382 bits per heavy atom. The molecule has 9 aromatic carbocycles. The maximum Gasteiger partial charge on any atom is 0.159 e. The van der Waals surface area contributed by atoms with E-state index in [-0.39, 0.29) is 0 Å².